The molecule has 0 aliphatic carbocycles. The molecular formula is C11H19N3OS. The topological polar surface area (TPSA) is 61.8 Å². The number of nitrogens with two attached hydrogens (primary N) is 1. The van der Waals surface area contributed by atoms with E-state index in [4.69, 9.17) is 10.9 Å². The van der Waals surface area contributed by atoms with Gasteiger partial charge in [-0.25, -0.2) is 0 Å². The molecule has 0 bridgehead atoms. The van der Waals surface area contributed by atoms with E-state index in [0.717, 1.165) is 26.1 Å². The molecule has 0 saturated heterocycles. The zero-order valence-corrected chi connectivity index (χ0v) is 10.4. The molecule has 0 atom stereocenters. The van der Waals surface area contributed by atoms with Crippen LogP contribution in [-0.2, 0) is 6.42 Å². The molecule has 1 aromatic heterocycles. The van der Waals surface area contributed by atoms with Crippen molar-refractivity contribution in [2.24, 2.45) is 10.9 Å². The van der Waals surface area contributed by atoms with E-state index in [1.54, 1.807) is 11.3 Å². The number of likely N-dealkylation sites (N-methyl/N-ethyl adjacent to an activating group) is 1. The molecule has 0 radical (unpaired) electrons. The van der Waals surface area contributed by atoms with Crippen molar-refractivity contribution in [3.8, 4) is 0 Å². The van der Waals surface area contributed by atoms with Gasteiger partial charge in [-0.1, -0.05) is 18.1 Å². The highest BCUT2D eigenvalue weighted by Gasteiger charge is 2.04. The van der Waals surface area contributed by atoms with Gasteiger partial charge in [0, 0.05) is 24.4 Å². The van der Waals surface area contributed by atoms with Gasteiger partial charge in [0.2, 0.25) is 0 Å². The van der Waals surface area contributed by atoms with Gasteiger partial charge in [0.1, 0.15) is 5.84 Å². The lowest BCUT2D eigenvalue weighted by Gasteiger charge is -2.19. The Morgan fingerprint density at radius 3 is 2.94 bits per heavy atom. The van der Waals surface area contributed by atoms with E-state index in [2.05, 4.69) is 34.5 Å². The zero-order chi connectivity index (χ0) is 11.8. The molecule has 0 aliphatic rings. The standard InChI is InChI=1S/C11H19N3OS/c1-2-14(8-6-11(12)13-15)7-5-10-4-3-9-16-10/h3-4,9,15H,2,5-8H2,1H3,(H2,12,13). The average Bonchev–Trinajstić information content (AvgIpc) is 2.81. The first kappa shape index (κ1) is 13.0. The van der Waals surface area contributed by atoms with Crippen molar-refractivity contribution in [2.45, 2.75) is 19.8 Å². The molecule has 0 saturated carbocycles. The second-order valence-corrected chi connectivity index (χ2v) is 4.64. The van der Waals surface area contributed by atoms with Crippen LogP contribution in [0.5, 0.6) is 0 Å². The summed E-state index contributed by atoms with van der Waals surface area (Å²) in [6.07, 6.45) is 1.69. The van der Waals surface area contributed by atoms with Gasteiger partial charge in [-0.15, -0.1) is 11.3 Å². The summed E-state index contributed by atoms with van der Waals surface area (Å²) in [4.78, 5) is 3.71. The van der Waals surface area contributed by atoms with Crippen LogP contribution in [0.15, 0.2) is 22.7 Å². The maximum absolute atomic E-state index is 8.45. The first-order valence-corrected chi connectivity index (χ1v) is 6.35. The van der Waals surface area contributed by atoms with Gasteiger partial charge < -0.3 is 15.8 Å². The lowest BCUT2D eigenvalue weighted by Crippen LogP contribution is -2.29. The van der Waals surface area contributed by atoms with Crippen LogP contribution >= 0.6 is 11.3 Å². The maximum Gasteiger partial charge on any atom is 0.140 e. The van der Waals surface area contributed by atoms with Crippen molar-refractivity contribution >= 4 is 17.2 Å². The summed E-state index contributed by atoms with van der Waals surface area (Å²) in [5.74, 6) is 0.301. The van der Waals surface area contributed by atoms with Crippen LogP contribution < -0.4 is 5.73 Å². The van der Waals surface area contributed by atoms with E-state index in [0.29, 0.717) is 12.3 Å². The number of thiophene rings is 1. The molecule has 4 nitrogen and oxygen atoms in total. The summed E-state index contributed by atoms with van der Waals surface area (Å²) in [5.41, 5.74) is 5.44. The van der Waals surface area contributed by atoms with E-state index in [1.165, 1.54) is 4.88 Å². The maximum atomic E-state index is 8.45. The van der Waals surface area contributed by atoms with Gasteiger partial charge in [0.05, 0.1) is 0 Å². The number of oxime groups is 1. The van der Waals surface area contributed by atoms with Crippen molar-refractivity contribution in [1.82, 2.24) is 4.90 Å². The minimum absolute atomic E-state index is 0.301. The first-order valence-electron chi connectivity index (χ1n) is 5.47. The average molecular weight is 241 g/mol. The third-order valence-electron chi connectivity index (χ3n) is 2.51. The summed E-state index contributed by atoms with van der Waals surface area (Å²) >= 11 is 1.79. The predicted octanol–water partition coefficient (Wildman–Crippen LogP) is 1.75. The summed E-state index contributed by atoms with van der Waals surface area (Å²) in [6.45, 7) is 4.98. The molecule has 0 unspecified atom stereocenters. The molecule has 1 rings (SSSR count). The molecule has 3 N–H and O–H groups in total. The highest BCUT2D eigenvalue weighted by atomic mass is 32.1. The zero-order valence-electron chi connectivity index (χ0n) is 9.59. The van der Waals surface area contributed by atoms with Gasteiger partial charge in [-0.05, 0) is 24.4 Å². The van der Waals surface area contributed by atoms with Crippen molar-refractivity contribution in [3.05, 3.63) is 22.4 Å². The molecule has 0 aliphatic heterocycles. The number of rotatable bonds is 7. The summed E-state index contributed by atoms with van der Waals surface area (Å²) in [6, 6.07) is 4.23. The van der Waals surface area contributed by atoms with Crippen molar-refractivity contribution < 1.29 is 5.21 Å². The molecule has 90 valence electrons. The minimum Gasteiger partial charge on any atom is -0.409 e. The third-order valence-corrected chi connectivity index (χ3v) is 3.45. The van der Waals surface area contributed by atoms with E-state index < -0.39 is 0 Å². The highest BCUT2D eigenvalue weighted by molar-refractivity contribution is 7.09. The van der Waals surface area contributed by atoms with Gasteiger partial charge in [0.25, 0.3) is 0 Å². The third kappa shape index (κ3) is 4.63. The lowest BCUT2D eigenvalue weighted by molar-refractivity contribution is 0.293. The molecule has 5 heteroatoms. The summed E-state index contributed by atoms with van der Waals surface area (Å²) in [5, 5.41) is 13.5. The molecule has 0 fully saturated rings. The molecule has 1 aromatic rings. The van der Waals surface area contributed by atoms with Crippen LogP contribution in [-0.4, -0.2) is 35.6 Å². The van der Waals surface area contributed by atoms with Crippen LogP contribution in [0, 0.1) is 0 Å². The Morgan fingerprint density at radius 1 is 1.56 bits per heavy atom. The summed E-state index contributed by atoms with van der Waals surface area (Å²) < 4.78 is 0. The largest absolute Gasteiger partial charge is 0.409 e. The lowest BCUT2D eigenvalue weighted by atomic mass is 10.3. The smallest absolute Gasteiger partial charge is 0.140 e. The number of hydrogen-bond donors (Lipinski definition) is 2. The number of nitrogens with zero attached hydrogens (tertiary/aromatic N) is 2. The van der Waals surface area contributed by atoms with Gasteiger partial charge in [-0.2, -0.15) is 0 Å². The van der Waals surface area contributed by atoms with Crippen LogP contribution in [0.25, 0.3) is 0 Å². The van der Waals surface area contributed by atoms with Crippen molar-refractivity contribution in [2.75, 3.05) is 19.6 Å². The van der Waals surface area contributed by atoms with Crippen LogP contribution in [0.1, 0.15) is 18.2 Å². The van der Waals surface area contributed by atoms with Gasteiger partial charge >= 0.3 is 0 Å². The molecule has 1 heterocycles. The van der Waals surface area contributed by atoms with Crippen molar-refractivity contribution in [1.29, 1.82) is 0 Å². The Balaban J connectivity index is 2.26. The minimum atomic E-state index is 0.301. The fourth-order valence-corrected chi connectivity index (χ4v) is 2.17. The Bertz CT molecular complexity index is 311. The number of amidine groups is 1. The summed E-state index contributed by atoms with van der Waals surface area (Å²) in [7, 11) is 0. The Morgan fingerprint density at radius 2 is 2.38 bits per heavy atom. The van der Waals surface area contributed by atoms with Crippen LogP contribution in [0.4, 0.5) is 0 Å². The Labute approximate surface area is 100 Å². The number of hydrogen-bond acceptors (Lipinski definition) is 4. The molecule has 0 spiro atoms. The Hall–Kier alpha value is -1.07. The molecule has 0 aromatic carbocycles. The fourth-order valence-electron chi connectivity index (χ4n) is 1.47. The van der Waals surface area contributed by atoms with Crippen molar-refractivity contribution in [3.63, 3.8) is 0 Å². The normalized spacial score (nSPS) is 12.2. The monoisotopic (exact) mass is 241 g/mol. The fraction of sp³-hybridized carbons (Fsp3) is 0.545. The quantitative estimate of drug-likeness (QED) is 0.331. The Kier molecular flexibility index (Phi) is 5.88. The predicted molar refractivity (Wildman–Crippen MR) is 68.2 cm³/mol. The van der Waals surface area contributed by atoms with Crippen LogP contribution in [0.3, 0.4) is 0 Å². The second kappa shape index (κ2) is 7.24. The van der Waals surface area contributed by atoms with Gasteiger partial charge in [0.15, 0.2) is 0 Å². The molecular weight excluding hydrogens is 222 g/mol. The SMILES string of the molecule is CCN(CCC(N)=NO)CCc1cccs1. The first-order chi connectivity index (χ1) is 7.76. The molecule has 0 amide bonds. The van der Waals surface area contributed by atoms with E-state index >= 15 is 0 Å². The van der Waals surface area contributed by atoms with E-state index in [-0.39, 0.29) is 0 Å². The second-order valence-electron chi connectivity index (χ2n) is 3.60. The van der Waals surface area contributed by atoms with Gasteiger partial charge in [-0.3, -0.25) is 0 Å². The van der Waals surface area contributed by atoms with E-state index in [9.17, 15) is 0 Å². The molecule has 16 heavy (non-hydrogen) atoms. The van der Waals surface area contributed by atoms with E-state index in [1.807, 2.05) is 0 Å². The van der Waals surface area contributed by atoms with Crippen LogP contribution in [0.2, 0.25) is 0 Å². The highest BCUT2D eigenvalue weighted by Crippen LogP contribution is 2.09.